The summed E-state index contributed by atoms with van der Waals surface area (Å²) in [4.78, 5) is 35.5. The van der Waals surface area contributed by atoms with Gasteiger partial charge < -0.3 is 0 Å². The summed E-state index contributed by atoms with van der Waals surface area (Å²) >= 11 is 0. The third-order valence-electron chi connectivity index (χ3n) is 2.79. The molecule has 0 unspecified atom stereocenters. The Kier molecular flexibility index (Phi) is 2.26. The number of rotatable bonds is 1. The van der Waals surface area contributed by atoms with E-state index in [0.29, 0.717) is 28.9 Å². The van der Waals surface area contributed by atoms with Crippen LogP contribution in [-0.4, -0.2) is 22.6 Å². The van der Waals surface area contributed by atoms with Gasteiger partial charge in [-0.3, -0.25) is 14.4 Å². The van der Waals surface area contributed by atoms with Crippen LogP contribution in [0.4, 0.5) is 0 Å². The van der Waals surface area contributed by atoms with E-state index in [2.05, 4.69) is 6.58 Å². The molecule has 4 heteroatoms. The first-order valence-corrected chi connectivity index (χ1v) is 4.94. The summed E-state index contributed by atoms with van der Waals surface area (Å²) in [5.74, 6) is -1.52. The maximum atomic E-state index is 11.7. The van der Waals surface area contributed by atoms with Crippen molar-refractivity contribution in [3.63, 3.8) is 0 Å². The van der Waals surface area contributed by atoms with E-state index in [4.69, 9.17) is 0 Å². The van der Waals surface area contributed by atoms with Crippen LogP contribution in [0, 0.1) is 0 Å². The molecular formula is C11H11NO3. The molecule has 0 saturated carbocycles. The summed E-state index contributed by atoms with van der Waals surface area (Å²) in [5.41, 5.74) is 1.06. The Bertz CT molecular complexity index is 378. The van der Waals surface area contributed by atoms with Crippen LogP contribution in [0.1, 0.15) is 25.7 Å². The summed E-state index contributed by atoms with van der Waals surface area (Å²) in [7, 11) is 0. The average Bonchev–Trinajstić information content (AvgIpc) is 2.52. The number of hydrogen-bond donors (Lipinski definition) is 0. The molecule has 1 heterocycles. The van der Waals surface area contributed by atoms with Crippen LogP contribution in [0.25, 0.3) is 0 Å². The normalized spacial score (nSPS) is 20.7. The van der Waals surface area contributed by atoms with Gasteiger partial charge in [-0.25, -0.2) is 4.90 Å². The van der Waals surface area contributed by atoms with Gasteiger partial charge in [0, 0.05) is 11.1 Å². The summed E-state index contributed by atoms with van der Waals surface area (Å²) in [6, 6.07) is 0. The second-order valence-electron chi connectivity index (χ2n) is 3.65. The second-order valence-corrected chi connectivity index (χ2v) is 3.65. The lowest BCUT2D eigenvalue weighted by Crippen LogP contribution is -2.36. The van der Waals surface area contributed by atoms with E-state index in [1.54, 1.807) is 0 Å². The number of carbonyl (C=O) groups is 3. The summed E-state index contributed by atoms with van der Waals surface area (Å²) in [6.07, 6.45) is 4.04. The minimum absolute atomic E-state index is 0.445. The van der Waals surface area contributed by atoms with Crippen LogP contribution in [0.5, 0.6) is 0 Å². The molecule has 3 amide bonds. The molecule has 0 fully saturated rings. The van der Waals surface area contributed by atoms with Crippen molar-refractivity contribution in [3.8, 4) is 0 Å². The van der Waals surface area contributed by atoms with Crippen LogP contribution >= 0.6 is 0 Å². The third-order valence-corrected chi connectivity index (χ3v) is 2.79. The summed E-state index contributed by atoms with van der Waals surface area (Å²) < 4.78 is 0. The minimum Gasteiger partial charge on any atom is -0.269 e. The van der Waals surface area contributed by atoms with E-state index in [1.165, 1.54) is 0 Å². The van der Waals surface area contributed by atoms with Crippen LogP contribution in [0.2, 0.25) is 0 Å². The number of amides is 3. The average molecular weight is 205 g/mol. The lowest BCUT2D eigenvalue weighted by molar-refractivity contribution is -0.146. The molecule has 0 atom stereocenters. The molecule has 78 valence electrons. The molecule has 2 aliphatic rings. The van der Waals surface area contributed by atoms with Crippen LogP contribution in [0.15, 0.2) is 23.8 Å². The van der Waals surface area contributed by atoms with Crippen LogP contribution < -0.4 is 0 Å². The van der Waals surface area contributed by atoms with Gasteiger partial charge in [-0.15, -0.1) is 0 Å². The molecular weight excluding hydrogens is 194 g/mol. The zero-order valence-corrected chi connectivity index (χ0v) is 8.28. The summed E-state index contributed by atoms with van der Waals surface area (Å²) in [5, 5.41) is 0. The highest BCUT2D eigenvalue weighted by molar-refractivity contribution is 6.28. The quantitative estimate of drug-likeness (QED) is 0.473. The van der Waals surface area contributed by atoms with Crippen molar-refractivity contribution in [2.45, 2.75) is 25.7 Å². The molecule has 4 nitrogen and oxygen atoms in total. The fourth-order valence-electron chi connectivity index (χ4n) is 2.03. The molecule has 0 aromatic carbocycles. The van der Waals surface area contributed by atoms with Crippen molar-refractivity contribution in [2.75, 3.05) is 0 Å². The maximum Gasteiger partial charge on any atom is 0.264 e. The fourth-order valence-corrected chi connectivity index (χ4v) is 2.03. The molecule has 0 spiro atoms. The Morgan fingerprint density at radius 1 is 1.13 bits per heavy atom. The smallest absolute Gasteiger partial charge is 0.264 e. The Balaban J connectivity index is 2.37. The van der Waals surface area contributed by atoms with Crippen molar-refractivity contribution >= 4 is 17.7 Å². The number of nitrogens with zero attached hydrogens (tertiary/aromatic N) is 1. The Morgan fingerprint density at radius 2 is 1.60 bits per heavy atom. The molecule has 0 saturated heterocycles. The molecule has 0 bridgehead atoms. The molecule has 0 aromatic rings. The highest BCUT2D eigenvalue weighted by Crippen LogP contribution is 2.32. The van der Waals surface area contributed by atoms with Crippen molar-refractivity contribution < 1.29 is 14.4 Å². The Hall–Kier alpha value is -1.71. The van der Waals surface area contributed by atoms with Gasteiger partial charge in [0.15, 0.2) is 0 Å². The first kappa shape index (κ1) is 9.83. The Labute approximate surface area is 87.2 Å². The highest BCUT2D eigenvalue weighted by Gasteiger charge is 2.41. The molecule has 15 heavy (non-hydrogen) atoms. The van der Waals surface area contributed by atoms with E-state index in [1.807, 2.05) is 0 Å². The predicted octanol–water partition coefficient (Wildman–Crippen LogP) is 0.938. The molecule has 0 radical (unpaired) electrons. The van der Waals surface area contributed by atoms with Gasteiger partial charge in [-0.1, -0.05) is 6.58 Å². The lowest BCUT2D eigenvalue weighted by atomic mass is 9.93. The predicted molar refractivity (Wildman–Crippen MR) is 52.6 cm³/mol. The van der Waals surface area contributed by atoms with Gasteiger partial charge in [-0.05, 0) is 31.8 Å². The first-order chi connectivity index (χ1) is 7.16. The molecule has 1 aliphatic carbocycles. The van der Waals surface area contributed by atoms with Crippen molar-refractivity contribution in [2.24, 2.45) is 0 Å². The largest absolute Gasteiger partial charge is 0.269 e. The first-order valence-electron chi connectivity index (χ1n) is 4.94. The zero-order chi connectivity index (χ0) is 11.0. The van der Waals surface area contributed by atoms with Gasteiger partial charge in [0.1, 0.15) is 0 Å². The van der Waals surface area contributed by atoms with Gasteiger partial charge in [0.05, 0.1) is 0 Å². The monoisotopic (exact) mass is 205 g/mol. The summed E-state index contributed by atoms with van der Waals surface area (Å²) in [6.45, 7) is 3.28. The SMILES string of the molecule is C=CC(=O)N1C(=O)C2=C(CCCC2)C1=O. The highest BCUT2D eigenvalue weighted by atomic mass is 16.2. The zero-order valence-electron chi connectivity index (χ0n) is 8.28. The topological polar surface area (TPSA) is 54.5 Å². The van der Waals surface area contributed by atoms with E-state index in [0.717, 1.165) is 18.9 Å². The number of hydrogen-bond acceptors (Lipinski definition) is 3. The number of imide groups is 3. The maximum absolute atomic E-state index is 11.7. The van der Waals surface area contributed by atoms with Crippen LogP contribution in [-0.2, 0) is 14.4 Å². The van der Waals surface area contributed by atoms with Gasteiger partial charge in [0.25, 0.3) is 17.7 Å². The fraction of sp³-hybridized carbons (Fsp3) is 0.364. The number of carbonyl (C=O) groups excluding carboxylic acids is 3. The van der Waals surface area contributed by atoms with Crippen molar-refractivity contribution in [1.82, 2.24) is 4.90 Å². The Morgan fingerprint density at radius 3 is 2.00 bits per heavy atom. The van der Waals surface area contributed by atoms with E-state index in [-0.39, 0.29) is 0 Å². The van der Waals surface area contributed by atoms with Crippen LogP contribution in [0.3, 0.4) is 0 Å². The van der Waals surface area contributed by atoms with Crippen molar-refractivity contribution in [1.29, 1.82) is 0 Å². The second kappa shape index (κ2) is 3.46. The molecule has 0 N–H and O–H groups in total. The molecule has 0 aromatic heterocycles. The lowest BCUT2D eigenvalue weighted by Gasteiger charge is -2.09. The van der Waals surface area contributed by atoms with Gasteiger partial charge in [0.2, 0.25) is 0 Å². The standard InChI is InChI=1S/C11H11NO3/c1-2-9(13)12-10(14)7-5-3-4-6-8(7)11(12)15/h2H,1,3-6H2. The van der Waals surface area contributed by atoms with E-state index < -0.39 is 17.7 Å². The molecule has 1 aliphatic heterocycles. The van der Waals surface area contributed by atoms with E-state index in [9.17, 15) is 14.4 Å². The minimum atomic E-state index is -0.626. The van der Waals surface area contributed by atoms with Gasteiger partial charge >= 0.3 is 0 Å². The molecule has 2 rings (SSSR count). The third kappa shape index (κ3) is 1.33. The van der Waals surface area contributed by atoms with E-state index >= 15 is 0 Å². The van der Waals surface area contributed by atoms with Crippen molar-refractivity contribution in [3.05, 3.63) is 23.8 Å². The van der Waals surface area contributed by atoms with Gasteiger partial charge in [-0.2, -0.15) is 0 Å².